The Balaban J connectivity index is 2.26. The molecule has 2 unspecified atom stereocenters. The van der Waals surface area contributed by atoms with Gasteiger partial charge in [0.05, 0.1) is 12.2 Å². The molecule has 0 aromatic carbocycles. The maximum Gasteiger partial charge on any atom is 0.191 e. The summed E-state index contributed by atoms with van der Waals surface area (Å²) < 4.78 is 0. The molecule has 1 aliphatic heterocycles. The van der Waals surface area contributed by atoms with Crippen LogP contribution in [0.25, 0.3) is 0 Å². The van der Waals surface area contributed by atoms with Crippen LogP contribution in [0.2, 0.25) is 0 Å². The van der Waals surface area contributed by atoms with Gasteiger partial charge in [0.15, 0.2) is 5.16 Å². The molecular formula is C10H16N4O2S. The van der Waals surface area contributed by atoms with Crippen LogP contribution in [0.1, 0.15) is 0 Å². The fourth-order valence-electron chi connectivity index (χ4n) is 1.75. The van der Waals surface area contributed by atoms with Crippen LogP contribution in [0.4, 0.5) is 11.6 Å². The van der Waals surface area contributed by atoms with Crippen LogP contribution in [-0.2, 0) is 0 Å². The van der Waals surface area contributed by atoms with Gasteiger partial charge in [0, 0.05) is 26.2 Å². The molecule has 0 saturated carbocycles. The third-order valence-corrected chi connectivity index (χ3v) is 3.26. The second-order valence-electron chi connectivity index (χ2n) is 3.89. The van der Waals surface area contributed by atoms with Crippen LogP contribution < -0.4 is 10.2 Å². The number of hydrogen-bond donors (Lipinski definition) is 3. The van der Waals surface area contributed by atoms with Crippen molar-refractivity contribution >= 4 is 23.4 Å². The maximum absolute atomic E-state index is 9.53. The first kappa shape index (κ1) is 12.4. The van der Waals surface area contributed by atoms with Crippen LogP contribution in [0.5, 0.6) is 0 Å². The minimum absolute atomic E-state index is 0.398. The molecule has 6 nitrogen and oxygen atoms in total. The van der Waals surface area contributed by atoms with Crippen molar-refractivity contribution in [2.75, 3.05) is 36.6 Å². The van der Waals surface area contributed by atoms with Gasteiger partial charge in [-0.25, -0.2) is 9.97 Å². The number of nitrogens with zero attached hydrogens (tertiary/aromatic N) is 3. The van der Waals surface area contributed by atoms with Crippen molar-refractivity contribution in [2.45, 2.75) is 17.4 Å². The molecule has 1 aliphatic rings. The van der Waals surface area contributed by atoms with Crippen molar-refractivity contribution in [3.63, 3.8) is 0 Å². The zero-order valence-electron chi connectivity index (χ0n) is 9.79. The Morgan fingerprint density at radius 2 is 2.00 bits per heavy atom. The van der Waals surface area contributed by atoms with Crippen molar-refractivity contribution < 1.29 is 10.2 Å². The second kappa shape index (κ2) is 5.07. The fraction of sp³-hybridized carbons (Fsp3) is 0.600. The van der Waals surface area contributed by atoms with Gasteiger partial charge < -0.3 is 20.4 Å². The van der Waals surface area contributed by atoms with Gasteiger partial charge in [-0.15, -0.1) is 0 Å². The number of rotatable bonds is 3. The highest BCUT2D eigenvalue weighted by Crippen LogP contribution is 2.23. The minimum Gasteiger partial charge on any atom is -0.389 e. The number of nitrogens with one attached hydrogen (secondary N) is 1. The van der Waals surface area contributed by atoms with Crippen LogP contribution in [0.3, 0.4) is 0 Å². The monoisotopic (exact) mass is 256 g/mol. The lowest BCUT2D eigenvalue weighted by Crippen LogP contribution is -2.22. The Morgan fingerprint density at radius 1 is 1.35 bits per heavy atom. The van der Waals surface area contributed by atoms with Gasteiger partial charge in [-0.3, -0.25) is 0 Å². The van der Waals surface area contributed by atoms with Crippen LogP contribution >= 0.6 is 11.8 Å². The van der Waals surface area contributed by atoms with Crippen LogP contribution in [0.15, 0.2) is 11.2 Å². The van der Waals surface area contributed by atoms with E-state index in [1.807, 2.05) is 17.2 Å². The summed E-state index contributed by atoms with van der Waals surface area (Å²) in [6.07, 6.45) is 0.494. The van der Waals surface area contributed by atoms with E-state index in [1.165, 1.54) is 11.8 Å². The molecule has 94 valence electrons. The van der Waals surface area contributed by atoms with Crippen molar-refractivity contribution in [2.24, 2.45) is 0 Å². The topological polar surface area (TPSA) is 81.5 Å². The normalized spacial score (nSPS) is 24.1. The van der Waals surface area contributed by atoms with E-state index < -0.39 is 12.2 Å². The Hall–Kier alpha value is -1.05. The molecule has 2 atom stereocenters. The number of aromatic nitrogens is 2. The zero-order valence-corrected chi connectivity index (χ0v) is 10.6. The predicted octanol–water partition coefficient (Wildman–Crippen LogP) is -0.218. The quantitative estimate of drug-likeness (QED) is 0.509. The molecule has 1 aromatic heterocycles. The lowest BCUT2D eigenvalue weighted by Gasteiger charge is -2.17. The Kier molecular flexibility index (Phi) is 3.70. The number of hydrogen-bond acceptors (Lipinski definition) is 7. The summed E-state index contributed by atoms with van der Waals surface area (Å²) in [5.41, 5.74) is 0. The number of β-amino-alcohol motifs (C(OH)–C–C–N with tert-alkyl or cyclic N) is 2. The Bertz CT molecular complexity index is 372. The van der Waals surface area contributed by atoms with E-state index in [1.54, 1.807) is 7.05 Å². The summed E-state index contributed by atoms with van der Waals surface area (Å²) in [7, 11) is 1.80. The van der Waals surface area contributed by atoms with Gasteiger partial charge >= 0.3 is 0 Å². The third kappa shape index (κ3) is 2.62. The summed E-state index contributed by atoms with van der Waals surface area (Å²) in [5.74, 6) is 1.46. The molecule has 1 saturated heterocycles. The van der Waals surface area contributed by atoms with E-state index in [9.17, 15) is 10.2 Å². The molecule has 0 radical (unpaired) electrons. The predicted molar refractivity (Wildman–Crippen MR) is 67.6 cm³/mol. The SMILES string of the molecule is CNc1cc(N2CC(O)C(O)C2)nc(SC)n1. The molecule has 2 heterocycles. The van der Waals surface area contributed by atoms with Gasteiger partial charge in [-0.2, -0.15) is 0 Å². The van der Waals surface area contributed by atoms with Crippen molar-refractivity contribution in [3.05, 3.63) is 6.07 Å². The molecule has 7 heteroatoms. The lowest BCUT2D eigenvalue weighted by molar-refractivity contribution is 0.0572. The van der Waals surface area contributed by atoms with Gasteiger partial charge in [0.2, 0.25) is 0 Å². The van der Waals surface area contributed by atoms with Crippen LogP contribution in [0, 0.1) is 0 Å². The molecule has 3 N–H and O–H groups in total. The van der Waals surface area contributed by atoms with E-state index in [2.05, 4.69) is 15.3 Å². The van der Waals surface area contributed by atoms with E-state index in [0.29, 0.717) is 18.2 Å². The van der Waals surface area contributed by atoms with Gasteiger partial charge in [0.1, 0.15) is 11.6 Å². The first-order valence-corrected chi connectivity index (χ1v) is 6.58. The van der Waals surface area contributed by atoms with E-state index in [0.717, 1.165) is 11.6 Å². The van der Waals surface area contributed by atoms with Crippen molar-refractivity contribution in [1.82, 2.24) is 9.97 Å². The Labute approximate surface area is 104 Å². The highest BCUT2D eigenvalue weighted by molar-refractivity contribution is 7.98. The summed E-state index contributed by atoms with van der Waals surface area (Å²) in [4.78, 5) is 10.5. The van der Waals surface area contributed by atoms with E-state index in [-0.39, 0.29) is 0 Å². The molecule has 1 aromatic rings. The zero-order chi connectivity index (χ0) is 12.4. The summed E-state index contributed by atoms with van der Waals surface area (Å²) in [6, 6.07) is 1.81. The summed E-state index contributed by atoms with van der Waals surface area (Å²) >= 11 is 1.46. The summed E-state index contributed by atoms with van der Waals surface area (Å²) in [6.45, 7) is 0.796. The molecule has 0 bridgehead atoms. The van der Waals surface area contributed by atoms with Crippen LogP contribution in [-0.4, -0.2) is 58.8 Å². The van der Waals surface area contributed by atoms with Crippen molar-refractivity contribution in [3.8, 4) is 0 Å². The standard InChI is InChI=1S/C10H16N4O2S/c1-11-8-3-9(13-10(12-8)17-2)14-4-6(15)7(16)5-14/h3,6-7,15-16H,4-5H2,1-2H3,(H,11,12,13). The molecule has 2 rings (SSSR count). The molecule has 1 fully saturated rings. The average Bonchev–Trinajstić information content (AvgIpc) is 2.69. The second-order valence-corrected chi connectivity index (χ2v) is 4.66. The van der Waals surface area contributed by atoms with Gasteiger partial charge in [-0.1, -0.05) is 11.8 Å². The number of aliphatic hydroxyl groups excluding tert-OH is 2. The number of thioether (sulfide) groups is 1. The third-order valence-electron chi connectivity index (χ3n) is 2.71. The fourth-order valence-corrected chi connectivity index (χ4v) is 2.13. The number of anilines is 2. The summed E-state index contributed by atoms with van der Waals surface area (Å²) in [5, 5.41) is 22.7. The molecule has 0 aliphatic carbocycles. The molecule has 17 heavy (non-hydrogen) atoms. The average molecular weight is 256 g/mol. The van der Waals surface area contributed by atoms with Gasteiger partial charge in [-0.05, 0) is 6.26 Å². The first-order chi connectivity index (χ1) is 8.13. The largest absolute Gasteiger partial charge is 0.389 e. The highest BCUT2D eigenvalue weighted by atomic mass is 32.2. The Morgan fingerprint density at radius 3 is 2.53 bits per heavy atom. The smallest absolute Gasteiger partial charge is 0.191 e. The maximum atomic E-state index is 9.53. The van der Waals surface area contributed by atoms with Crippen molar-refractivity contribution in [1.29, 1.82) is 0 Å². The molecule has 0 spiro atoms. The van der Waals surface area contributed by atoms with E-state index >= 15 is 0 Å². The van der Waals surface area contributed by atoms with Gasteiger partial charge in [0.25, 0.3) is 0 Å². The number of aliphatic hydroxyl groups is 2. The molecular weight excluding hydrogens is 240 g/mol. The van der Waals surface area contributed by atoms with E-state index in [4.69, 9.17) is 0 Å². The first-order valence-electron chi connectivity index (χ1n) is 5.36. The minimum atomic E-state index is -0.708. The molecule has 0 amide bonds. The highest BCUT2D eigenvalue weighted by Gasteiger charge is 2.30. The lowest BCUT2D eigenvalue weighted by atomic mass is 10.3.